The van der Waals surface area contributed by atoms with Crippen LogP contribution in [0.25, 0.3) is 0 Å². The molecule has 6 nitrogen and oxygen atoms in total. The smallest absolute Gasteiger partial charge is 0.257 e. The van der Waals surface area contributed by atoms with E-state index in [0.717, 1.165) is 16.8 Å². The number of methoxy groups -OCH3 is 1. The molecule has 4 rings (SSSR count). The van der Waals surface area contributed by atoms with Gasteiger partial charge in [-0.3, -0.25) is 4.79 Å². The number of hydrogen-bond acceptors (Lipinski definition) is 5. The summed E-state index contributed by atoms with van der Waals surface area (Å²) in [5.41, 5.74) is 2.18. The number of hydrogen-bond donors (Lipinski definition) is 2. The SMILES string of the molecule is COc1cccc(Nc2ncccc2C(=O)N2CC[C@@](O)(c3ccc(C)cc3)C2)c1. The molecule has 154 valence electrons. The van der Waals surface area contributed by atoms with Gasteiger partial charge in [0.15, 0.2) is 0 Å². The van der Waals surface area contributed by atoms with Gasteiger partial charge < -0.3 is 20.1 Å². The van der Waals surface area contributed by atoms with Crippen LogP contribution < -0.4 is 10.1 Å². The van der Waals surface area contributed by atoms with Crippen molar-refractivity contribution in [3.8, 4) is 5.75 Å². The van der Waals surface area contributed by atoms with Crippen molar-refractivity contribution in [2.24, 2.45) is 0 Å². The number of aryl methyl sites for hydroxylation is 1. The highest BCUT2D eigenvalue weighted by atomic mass is 16.5. The lowest BCUT2D eigenvalue weighted by molar-refractivity contribution is 0.0417. The predicted octanol–water partition coefficient (Wildman–Crippen LogP) is 3.88. The summed E-state index contributed by atoms with van der Waals surface area (Å²) in [6.45, 7) is 2.75. The number of aromatic nitrogens is 1. The monoisotopic (exact) mass is 403 g/mol. The Kier molecular flexibility index (Phi) is 5.42. The van der Waals surface area contributed by atoms with Gasteiger partial charge in [-0.15, -0.1) is 0 Å². The number of likely N-dealkylation sites (tertiary alicyclic amines) is 1. The highest BCUT2D eigenvalue weighted by molar-refractivity contribution is 5.99. The first-order chi connectivity index (χ1) is 14.5. The van der Waals surface area contributed by atoms with Crippen LogP contribution in [-0.2, 0) is 5.60 Å². The number of anilines is 2. The maximum absolute atomic E-state index is 13.3. The van der Waals surface area contributed by atoms with E-state index in [-0.39, 0.29) is 12.5 Å². The zero-order valence-corrected chi connectivity index (χ0v) is 17.1. The van der Waals surface area contributed by atoms with Crippen molar-refractivity contribution in [1.82, 2.24) is 9.88 Å². The molecule has 0 saturated carbocycles. The number of nitrogens with one attached hydrogen (secondary N) is 1. The fourth-order valence-electron chi connectivity index (χ4n) is 3.75. The van der Waals surface area contributed by atoms with E-state index in [0.29, 0.717) is 30.1 Å². The van der Waals surface area contributed by atoms with Gasteiger partial charge in [-0.1, -0.05) is 35.9 Å². The lowest BCUT2D eigenvalue weighted by atomic mass is 9.92. The minimum Gasteiger partial charge on any atom is -0.497 e. The quantitative estimate of drug-likeness (QED) is 0.676. The summed E-state index contributed by atoms with van der Waals surface area (Å²) in [4.78, 5) is 19.3. The predicted molar refractivity (Wildman–Crippen MR) is 116 cm³/mol. The summed E-state index contributed by atoms with van der Waals surface area (Å²) in [5, 5.41) is 14.4. The second-order valence-corrected chi connectivity index (χ2v) is 7.63. The lowest BCUT2D eigenvalue weighted by Gasteiger charge is -2.24. The van der Waals surface area contributed by atoms with Gasteiger partial charge in [0.2, 0.25) is 0 Å². The number of nitrogens with zero attached hydrogens (tertiary/aromatic N) is 2. The first-order valence-electron chi connectivity index (χ1n) is 9.93. The standard InChI is InChI=1S/C24H25N3O3/c1-17-8-10-18(11-9-17)24(29)12-14-27(16-24)23(28)21-7-4-13-25-22(21)26-19-5-3-6-20(15-19)30-2/h3-11,13,15,29H,12,14,16H2,1-2H3,(H,25,26)/t24-/m0/s1. The van der Waals surface area contributed by atoms with Crippen LogP contribution in [0.3, 0.4) is 0 Å². The largest absolute Gasteiger partial charge is 0.497 e. The van der Waals surface area contributed by atoms with Crippen molar-refractivity contribution < 1.29 is 14.6 Å². The van der Waals surface area contributed by atoms with Crippen LogP contribution >= 0.6 is 0 Å². The number of ether oxygens (including phenoxy) is 1. The van der Waals surface area contributed by atoms with Crippen LogP contribution in [0.1, 0.15) is 27.9 Å². The third kappa shape index (κ3) is 4.00. The molecule has 0 unspecified atom stereocenters. The minimum absolute atomic E-state index is 0.156. The number of benzene rings is 2. The molecule has 1 fully saturated rings. The molecule has 2 N–H and O–H groups in total. The average Bonchev–Trinajstić information content (AvgIpc) is 3.17. The van der Waals surface area contributed by atoms with Crippen molar-refractivity contribution in [3.05, 3.63) is 83.6 Å². The van der Waals surface area contributed by atoms with Gasteiger partial charge in [0, 0.05) is 24.5 Å². The van der Waals surface area contributed by atoms with Crippen LogP contribution in [0, 0.1) is 6.92 Å². The van der Waals surface area contributed by atoms with Gasteiger partial charge in [0.1, 0.15) is 17.2 Å². The lowest BCUT2D eigenvalue weighted by Crippen LogP contribution is -2.34. The highest BCUT2D eigenvalue weighted by Gasteiger charge is 2.40. The minimum atomic E-state index is -1.04. The van der Waals surface area contributed by atoms with E-state index in [9.17, 15) is 9.90 Å². The van der Waals surface area contributed by atoms with E-state index < -0.39 is 5.60 Å². The molecule has 1 aliphatic heterocycles. The molecular weight excluding hydrogens is 378 g/mol. The van der Waals surface area contributed by atoms with Crippen LogP contribution in [0.2, 0.25) is 0 Å². The van der Waals surface area contributed by atoms with Crippen LogP contribution in [-0.4, -0.2) is 41.1 Å². The molecule has 0 radical (unpaired) electrons. The van der Waals surface area contributed by atoms with Crippen molar-refractivity contribution in [3.63, 3.8) is 0 Å². The number of rotatable bonds is 5. The Hall–Kier alpha value is -3.38. The van der Waals surface area contributed by atoms with E-state index in [4.69, 9.17) is 4.74 Å². The van der Waals surface area contributed by atoms with Crippen LogP contribution in [0.15, 0.2) is 66.9 Å². The summed E-state index contributed by atoms with van der Waals surface area (Å²) in [7, 11) is 1.61. The first kappa shape index (κ1) is 19.9. The van der Waals surface area contributed by atoms with Gasteiger partial charge >= 0.3 is 0 Å². The average molecular weight is 403 g/mol. The Morgan fingerprint density at radius 3 is 2.73 bits per heavy atom. The maximum atomic E-state index is 13.3. The summed E-state index contributed by atoms with van der Waals surface area (Å²) in [5.74, 6) is 1.03. The Morgan fingerprint density at radius 1 is 1.17 bits per heavy atom. The molecule has 30 heavy (non-hydrogen) atoms. The molecule has 1 aromatic heterocycles. The van der Waals surface area contributed by atoms with Crippen LogP contribution in [0.4, 0.5) is 11.5 Å². The van der Waals surface area contributed by atoms with Gasteiger partial charge in [-0.05, 0) is 43.2 Å². The van der Waals surface area contributed by atoms with Crippen molar-refractivity contribution in [2.75, 3.05) is 25.5 Å². The molecule has 0 aliphatic carbocycles. The normalized spacial score (nSPS) is 18.3. The Morgan fingerprint density at radius 2 is 1.97 bits per heavy atom. The molecule has 2 aromatic carbocycles. The second-order valence-electron chi connectivity index (χ2n) is 7.63. The summed E-state index contributed by atoms with van der Waals surface area (Å²) in [6.07, 6.45) is 2.15. The first-order valence-corrected chi connectivity index (χ1v) is 9.93. The van der Waals surface area contributed by atoms with Crippen molar-refractivity contribution in [1.29, 1.82) is 0 Å². The Labute approximate surface area is 176 Å². The van der Waals surface area contributed by atoms with E-state index in [2.05, 4.69) is 10.3 Å². The highest BCUT2D eigenvalue weighted by Crippen LogP contribution is 2.33. The van der Waals surface area contributed by atoms with Gasteiger partial charge in [-0.25, -0.2) is 4.98 Å². The zero-order chi connectivity index (χ0) is 21.1. The summed E-state index contributed by atoms with van der Waals surface area (Å²) in [6, 6.07) is 18.8. The zero-order valence-electron chi connectivity index (χ0n) is 17.1. The molecule has 6 heteroatoms. The molecule has 0 bridgehead atoms. The third-order valence-electron chi connectivity index (χ3n) is 5.49. The second kappa shape index (κ2) is 8.16. The number of pyridine rings is 1. The Bertz CT molecular complexity index is 1050. The maximum Gasteiger partial charge on any atom is 0.257 e. The molecule has 1 saturated heterocycles. The van der Waals surface area contributed by atoms with Gasteiger partial charge in [0.05, 0.1) is 19.2 Å². The van der Waals surface area contributed by atoms with Gasteiger partial charge in [-0.2, -0.15) is 0 Å². The van der Waals surface area contributed by atoms with E-state index in [1.807, 2.05) is 55.5 Å². The number of β-amino-alcohol motifs (C(OH)–C–C–N with tert-alkyl or cyclic N) is 1. The number of aliphatic hydroxyl groups is 1. The van der Waals surface area contributed by atoms with Crippen molar-refractivity contribution in [2.45, 2.75) is 18.9 Å². The molecule has 1 amide bonds. The fraction of sp³-hybridized carbons (Fsp3) is 0.250. The molecule has 1 atom stereocenters. The van der Waals surface area contributed by atoms with E-state index in [1.54, 1.807) is 30.3 Å². The van der Waals surface area contributed by atoms with Gasteiger partial charge in [0.25, 0.3) is 5.91 Å². The molecule has 3 aromatic rings. The molecule has 1 aliphatic rings. The number of carbonyl (C=O) groups is 1. The van der Waals surface area contributed by atoms with Crippen molar-refractivity contribution >= 4 is 17.4 Å². The number of amides is 1. The fourth-order valence-corrected chi connectivity index (χ4v) is 3.75. The molecule has 2 heterocycles. The topological polar surface area (TPSA) is 74.7 Å². The Balaban J connectivity index is 1.55. The molecule has 0 spiro atoms. The molecular formula is C24H25N3O3. The van der Waals surface area contributed by atoms with E-state index in [1.165, 1.54) is 0 Å². The summed E-state index contributed by atoms with van der Waals surface area (Å²) >= 11 is 0. The number of carbonyl (C=O) groups excluding carboxylic acids is 1. The third-order valence-corrected chi connectivity index (χ3v) is 5.49. The van der Waals surface area contributed by atoms with E-state index >= 15 is 0 Å². The summed E-state index contributed by atoms with van der Waals surface area (Å²) < 4.78 is 5.26. The van der Waals surface area contributed by atoms with Crippen LogP contribution in [0.5, 0.6) is 5.75 Å².